The predicted octanol–water partition coefficient (Wildman–Crippen LogP) is 2.75. The van der Waals surface area contributed by atoms with E-state index in [2.05, 4.69) is 34.8 Å². The van der Waals surface area contributed by atoms with Gasteiger partial charge in [0.15, 0.2) is 5.96 Å². The lowest BCUT2D eigenvalue weighted by Gasteiger charge is -2.19. The van der Waals surface area contributed by atoms with E-state index in [9.17, 15) is 4.79 Å². The number of carbonyl (C=O) groups excluding carboxylic acids is 1. The largest absolute Gasteiger partial charge is 0.444 e. The highest BCUT2D eigenvalue weighted by Crippen LogP contribution is 2.05. The molecule has 3 N–H and O–H groups in total. The van der Waals surface area contributed by atoms with Crippen molar-refractivity contribution < 1.29 is 14.3 Å². The number of hydrogen-bond donors (Lipinski definition) is 3. The second-order valence-electron chi connectivity index (χ2n) is 6.91. The number of ether oxygens (including phenoxy) is 2. The van der Waals surface area contributed by atoms with Gasteiger partial charge in [0.1, 0.15) is 5.60 Å². The molecule has 0 bridgehead atoms. The fourth-order valence-corrected chi connectivity index (χ4v) is 1.64. The zero-order valence-corrected chi connectivity index (χ0v) is 18.9. The van der Waals surface area contributed by atoms with Gasteiger partial charge in [-0.15, -0.1) is 24.0 Å². The van der Waals surface area contributed by atoms with Crippen molar-refractivity contribution in [3.8, 4) is 0 Å². The van der Waals surface area contributed by atoms with Crippen LogP contribution in [0.5, 0.6) is 0 Å². The van der Waals surface area contributed by atoms with E-state index in [0.717, 1.165) is 25.5 Å². The minimum absolute atomic E-state index is 0. The molecule has 0 fully saturated rings. The van der Waals surface area contributed by atoms with Gasteiger partial charge in [-0.2, -0.15) is 0 Å². The number of amides is 1. The first-order valence-corrected chi connectivity index (χ1v) is 8.81. The lowest BCUT2D eigenvalue weighted by Crippen LogP contribution is -2.42. The van der Waals surface area contributed by atoms with Crippen molar-refractivity contribution in [2.45, 2.75) is 53.6 Å². The highest BCUT2D eigenvalue weighted by atomic mass is 127. The molecule has 0 aromatic rings. The molecule has 0 unspecified atom stereocenters. The summed E-state index contributed by atoms with van der Waals surface area (Å²) in [6.45, 7) is 15.7. The number of alkyl carbamates (subject to hydrolysis) is 1. The molecular formula is C17H37IN4O3. The van der Waals surface area contributed by atoms with Crippen LogP contribution in [0.15, 0.2) is 4.99 Å². The van der Waals surface area contributed by atoms with Crippen LogP contribution in [0.25, 0.3) is 0 Å². The van der Waals surface area contributed by atoms with Crippen molar-refractivity contribution in [1.82, 2.24) is 16.0 Å². The highest BCUT2D eigenvalue weighted by Gasteiger charge is 2.15. The van der Waals surface area contributed by atoms with Crippen LogP contribution in [0.2, 0.25) is 0 Å². The standard InChI is InChI=1S/C17H36N4O3.HI/c1-7-18-15(20-11-13-23-12-8-14(2)3)19-9-10-21-16(22)24-17(4,5)6;/h14H,7-13H2,1-6H3,(H,21,22)(H2,18,19,20);1H. The first kappa shape index (κ1) is 26.5. The molecule has 8 heteroatoms. The Balaban J connectivity index is 0. The number of nitrogens with zero attached hydrogens (tertiary/aromatic N) is 1. The predicted molar refractivity (Wildman–Crippen MR) is 114 cm³/mol. The molecule has 25 heavy (non-hydrogen) atoms. The lowest BCUT2D eigenvalue weighted by atomic mass is 10.1. The Bertz CT molecular complexity index is 371. The summed E-state index contributed by atoms with van der Waals surface area (Å²) in [6, 6.07) is 0. The van der Waals surface area contributed by atoms with Gasteiger partial charge in [-0.3, -0.25) is 4.99 Å². The Morgan fingerprint density at radius 1 is 1.08 bits per heavy atom. The second-order valence-corrected chi connectivity index (χ2v) is 6.91. The molecule has 0 aliphatic carbocycles. The third-order valence-electron chi connectivity index (χ3n) is 2.77. The summed E-state index contributed by atoms with van der Waals surface area (Å²) in [5.74, 6) is 1.38. The van der Waals surface area contributed by atoms with E-state index in [-0.39, 0.29) is 24.0 Å². The van der Waals surface area contributed by atoms with Gasteiger partial charge >= 0.3 is 6.09 Å². The van der Waals surface area contributed by atoms with E-state index >= 15 is 0 Å². The lowest BCUT2D eigenvalue weighted by molar-refractivity contribution is 0.0529. The topological polar surface area (TPSA) is 84.0 Å². The maximum absolute atomic E-state index is 11.5. The average Bonchev–Trinajstić information content (AvgIpc) is 2.44. The third-order valence-corrected chi connectivity index (χ3v) is 2.77. The Labute approximate surface area is 170 Å². The zero-order valence-electron chi connectivity index (χ0n) is 16.6. The van der Waals surface area contributed by atoms with Gasteiger partial charge in [0.05, 0.1) is 13.2 Å². The quantitative estimate of drug-likeness (QED) is 0.197. The number of hydrogen-bond acceptors (Lipinski definition) is 4. The minimum Gasteiger partial charge on any atom is -0.444 e. The maximum Gasteiger partial charge on any atom is 0.407 e. The Kier molecular flexibility index (Phi) is 16.4. The molecule has 0 aliphatic rings. The number of nitrogens with one attached hydrogen (secondary N) is 3. The van der Waals surface area contributed by atoms with Crippen LogP contribution in [0.3, 0.4) is 0 Å². The highest BCUT2D eigenvalue weighted by molar-refractivity contribution is 14.0. The fourth-order valence-electron chi connectivity index (χ4n) is 1.64. The molecule has 1 amide bonds. The maximum atomic E-state index is 11.5. The molecule has 0 heterocycles. The summed E-state index contributed by atoms with van der Waals surface area (Å²) >= 11 is 0. The summed E-state index contributed by atoms with van der Waals surface area (Å²) in [5.41, 5.74) is -0.483. The molecule has 0 spiro atoms. The molecule has 0 aliphatic heterocycles. The monoisotopic (exact) mass is 472 g/mol. The second kappa shape index (κ2) is 15.5. The van der Waals surface area contributed by atoms with E-state index in [1.54, 1.807) is 0 Å². The van der Waals surface area contributed by atoms with Crippen molar-refractivity contribution in [3.63, 3.8) is 0 Å². The number of carbonyl (C=O) groups is 1. The summed E-state index contributed by atoms with van der Waals surface area (Å²) in [4.78, 5) is 16.0. The molecule has 0 rings (SSSR count). The Morgan fingerprint density at radius 3 is 2.28 bits per heavy atom. The zero-order chi connectivity index (χ0) is 18.4. The van der Waals surface area contributed by atoms with Crippen molar-refractivity contribution >= 4 is 36.0 Å². The average molecular weight is 472 g/mol. The van der Waals surface area contributed by atoms with Crippen molar-refractivity contribution in [3.05, 3.63) is 0 Å². The number of halogens is 1. The number of rotatable bonds is 10. The van der Waals surface area contributed by atoms with E-state index < -0.39 is 11.7 Å². The molecule has 0 aromatic carbocycles. The van der Waals surface area contributed by atoms with Gasteiger partial charge in [0, 0.05) is 26.2 Å². The number of guanidine groups is 1. The molecule has 0 saturated heterocycles. The normalized spacial score (nSPS) is 11.7. The van der Waals surface area contributed by atoms with Crippen LogP contribution in [-0.4, -0.2) is 57.0 Å². The molecule has 150 valence electrons. The van der Waals surface area contributed by atoms with Crippen LogP contribution in [0, 0.1) is 5.92 Å². The Morgan fingerprint density at radius 2 is 1.72 bits per heavy atom. The first-order valence-electron chi connectivity index (χ1n) is 8.81. The van der Waals surface area contributed by atoms with Crippen molar-refractivity contribution in [2.75, 3.05) is 39.4 Å². The summed E-state index contributed by atoms with van der Waals surface area (Å²) in [7, 11) is 0. The van der Waals surface area contributed by atoms with Crippen molar-refractivity contribution in [2.24, 2.45) is 10.9 Å². The van der Waals surface area contributed by atoms with Crippen LogP contribution in [0.1, 0.15) is 48.0 Å². The van der Waals surface area contributed by atoms with Crippen molar-refractivity contribution in [1.29, 1.82) is 0 Å². The SMILES string of the molecule is CCNC(=NCCOCCC(C)C)NCCNC(=O)OC(C)(C)C.I. The minimum atomic E-state index is -0.483. The van der Waals surface area contributed by atoms with Gasteiger partial charge in [-0.1, -0.05) is 13.8 Å². The molecule has 0 atom stereocenters. The molecule has 0 aromatic heterocycles. The van der Waals surface area contributed by atoms with E-state index in [1.165, 1.54) is 0 Å². The molecule has 0 radical (unpaired) electrons. The summed E-state index contributed by atoms with van der Waals surface area (Å²) < 4.78 is 10.7. The Hall–Kier alpha value is -0.770. The van der Waals surface area contributed by atoms with Gasteiger partial charge in [0.2, 0.25) is 0 Å². The van der Waals surface area contributed by atoms with Crippen LogP contribution in [-0.2, 0) is 9.47 Å². The van der Waals surface area contributed by atoms with Crippen LogP contribution >= 0.6 is 24.0 Å². The summed E-state index contributed by atoms with van der Waals surface area (Å²) in [6.07, 6.45) is 0.656. The third kappa shape index (κ3) is 19.4. The van der Waals surface area contributed by atoms with Gasteiger partial charge < -0.3 is 25.4 Å². The smallest absolute Gasteiger partial charge is 0.407 e. The van der Waals surface area contributed by atoms with Crippen LogP contribution < -0.4 is 16.0 Å². The van der Waals surface area contributed by atoms with Gasteiger partial charge in [-0.05, 0) is 40.0 Å². The van der Waals surface area contributed by atoms with Gasteiger partial charge in [-0.25, -0.2) is 4.79 Å². The van der Waals surface area contributed by atoms with E-state index in [4.69, 9.17) is 9.47 Å². The molecular weight excluding hydrogens is 435 g/mol. The van der Waals surface area contributed by atoms with Crippen LogP contribution in [0.4, 0.5) is 4.79 Å². The first-order chi connectivity index (χ1) is 11.2. The molecule has 0 saturated carbocycles. The van der Waals surface area contributed by atoms with E-state index in [1.807, 2.05) is 27.7 Å². The van der Waals surface area contributed by atoms with Gasteiger partial charge in [0.25, 0.3) is 0 Å². The number of aliphatic imine (C=N–C) groups is 1. The molecule has 7 nitrogen and oxygen atoms in total. The summed E-state index contributed by atoms with van der Waals surface area (Å²) in [5, 5.41) is 9.02. The fraction of sp³-hybridized carbons (Fsp3) is 0.882. The van der Waals surface area contributed by atoms with E-state index in [0.29, 0.717) is 32.2 Å².